The molecule has 17 heavy (non-hydrogen) atoms. The first kappa shape index (κ1) is 13.5. The Balaban J connectivity index is 2.70. The Morgan fingerprint density at radius 1 is 1.41 bits per heavy atom. The third-order valence-electron chi connectivity index (χ3n) is 2.26. The largest absolute Gasteiger partial charge is 0.479 e. The summed E-state index contributed by atoms with van der Waals surface area (Å²) in [6, 6.07) is 7.63. The topological polar surface area (TPSA) is 47.6 Å². The summed E-state index contributed by atoms with van der Waals surface area (Å²) in [7, 11) is 1.87. The molecule has 1 N–H and O–H groups in total. The quantitative estimate of drug-likeness (QED) is 0.765. The van der Waals surface area contributed by atoms with E-state index in [-0.39, 0.29) is 5.97 Å². The Kier molecular flexibility index (Phi) is 5.49. The minimum atomic E-state index is -0.590. The standard InChI is InChI=1S/C13H19NO3/c1-4-16-13(15)10(2)17-12-8-6-5-7-11(12)9-14-3/h5-8,10,14H,4,9H2,1-3H3. The highest BCUT2D eigenvalue weighted by atomic mass is 16.6. The highest BCUT2D eigenvalue weighted by Gasteiger charge is 2.16. The van der Waals surface area contributed by atoms with E-state index in [1.54, 1.807) is 13.8 Å². The number of carbonyl (C=O) groups is 1. The van der Waals surface area contributed by atoms with Crippen molar-refractivity contribution in [1.82, 2.24) is 5.32 Å². The molecule has 0 bridgehead atoms. The number of benzene rings is 1. The molecule has 0 spiro atoms. The Bertz CT molecular complexity index is 365. The number of esters is 1. The zero-order chi connectivity index (χ0) is 12.7. The van der Waals surface area contributed by atoms with E-state index >= 15 is 0 Å². The smallest absolute Gasteiger partial charge is 0.347 e. The maximum absolute atomic E-state index is 11.5. The number of ether oxygens (including phenoxy) is 2. The van der Waals surface area contributed by atoms with Crippen LogP contribution < -0.4 is 10.1 Å². The van der Waals surface area contributed by atoms with E-state index in [0.29, 0.717) is 18.9 Å². The van der Waals surface area contributed by atoms with Crippen molar-refractivity contribution in [2.75, 3.05) is 13.7 Å². The van der Waals surface area contributed by atoms with Gasteiger partial charge in [-0.15, -0.1) is 0 Å². The van der Waals surface area contributed by atoms with Crippen molar-refractivity contribution in [1.29, 1.82) is 0 Å². The molecule has 4 nitrogen and oxygen atoms in total. The number of carbonyl (C=O) groups excluding carboxylic acids is 1. The summed E-state index contributed by atoms with van der Waals surface area (Å²) in [5.41, 5.74) is 1.02. The molecule has 1 unspecified atom stereocenters. The SMILES string of the molecule is CCOC(=O)C(C)Oc1ccccc1CNC. The predicted octanol–water partition coefficient (Wildman–Crippen LogP) is 1.74. The van der Waals surface area contributed by atoms with Gasteiger partial charge >= 0.3 is 5.97 Å². The minimum absolute atomic E-state index is 0.341. The van der Waals surface area contributed by atoms with Crippen LogP contribution in [0.1, 0.15) is 19.4 Å². The van der Waals surface area contributed by atoms with E-state index in [1.165, 1.54) is 0 Å². The van der Waals surface area contributed by atoms with Crippen LogP contribution >= 0.6 is 0 Å². The Morgan fingerprint density at radius 2 is 2.12 bits per heavy atom. The van der Waals surface area contributed by atoms with Crippen LogP contribution in [0, 0.1) is 0 Å². The lowest BCUT2D eigenvalue weighted by Crippen LogP contribution is -2.26. The lowest BCUT2D eigenvalue weighted by atomic mass is 10.2. The number of hydrogen-bond donors (Lipinski definition) is 1. The lowest BCUT2D eigenvalue weighted by molar-refractivity contribution is -0.150. The summed E-state index contributed by atoms with van der Waals surface area (Å²) < 4.78 is 10.5. The zero-order valence-corrected chi connectivity index (χ0v) is 10.5. The van der Waals surface area contributed by atoms with Crippen molar-refractivity contribution < 1.29 is 14.3 Å². The second-order valence-corrected chi connectivity index (χ2v) is 3.65. The Hall–Kier alpha value is -1.55. The fraction of sp³-hybridized carbons (Fsp3) is 0.462. The molecule has 1 aromatic rings. The summed E-state index contributed by atoms with van der Waals surface area (Å²) in [6.45, 7) is 4.53. The summed E-state index contributed by atoms with van der Waals surface area (Å²) in [5.74, 6) is 0.370. The summed E-state index contributed by atoms with van der Waals surface area (Å²) in [4.78, 5) is 11.5. The van der Waals surface area contributed by atoms with Gasteiger partial charge in [-0.05, 0) is 27.0 Å². The van der Waals surface area contributed by atoms with Gasteiger partial charge in [-0.2, -0.15) is 0 Å². The van der Waals surface area contributed by atoms with Gasteiger partial charge in [0.25, 0.3) is 0 Å². The highest BCUT2D eigenvalue weighted by Crippen LogP contribution is 2.19. The van der Waals surface area contributed by atoms with E-state index in [9.17, 15) is 4.79 Å². The third kappa shape index (κ3) is 4.07. The first-order valence-corrected chi connectivity index (χ1v) is 5.74. The van der Waals surface area contributed by atoms with Crippen LogP contribution in [0.15, 0.2) is 24.3 Å². The molecule has 0 radical (unpaired) electrons. The van der Waals surface area contributed by atoms with E-state index in [2.05, 4.69) is 5.32 Å². The minimum Gasteiger partial charge on any atom is -0.479 e. The molecule has 0 saturated carbocycles. The average molecular weight is 237 g/mol. The average Bonchev–Trinajstić information content (AvgIpc) is 2.32. The first-order chi connectivity index (χ1) is 8.19. The van der Waals surface area contributed by atoms with Gasteiger partial charge in [-0.1, -0.05) is 18.2 Å². The van der Waals surface area contributed by atoms with Crippen LogP contribution in [-0.2, 0) is 16.1 Å². The second kappa shape index (κ2) is 6.91. The molecule has 1 rings (SSSR count). The third-order valence-corrected chi connectivity index (χ3v) is 2.26. The van der Waals surface area contributed by atoms with Gasteiger partial charge in [0.2, 0.25) is 0 Å². The number of para-hydroxylation sites is 1. The number of nitrogens with one attached hydrogen (secondary N) is 1. The van der Waals surface area contributed by atoms with Crippen LogP contribution in [-0.4, -0.2) is 25.7 Å². The van der Waals surface area contributed by atoms with Gasteiger partial charge in [-0.3, -0.25) is 0 Å². The van der Waals surface area contributed by atoms with E-state index in [0.717, 1.165) is 5.56 Å². The zero-order valence-electron chi connectivity index (χ0n) is 10.5. The molecule has 4 heteroatoms. The molecule has 0 aliphatic carbocycles. The van der Waals surface area contributed by atoms with Gasteiger partial charge in [0, 0.05) is 12.1 Å². The molecular weight excluding hydrogens is 218 g/mol. The van der Waals surface area contributed by atoms with Gasteiger partial charge in [0.05, 0.1) is 6.61 Å². The maximum Gasteiger partial charge on any atom is 0.347 e. The van der Waals surface area contributed by atoms with Crippen molar-refractivity contribution >= 4 is 5.97 Å². The van der Waals surface area contributed by atoms with Crippen molar-refractivity contribution in [2.45, 2.75) is 26.5 Å². The summed E-state index contributed by atoms with van der Waals surface area (Å²) >= 11 is 0. The molecule has 1 atom stereocenters. The molecule has 0 aliphatic heterocycles. The van der Waals surface area contributed by atoms with Gasteiger partial charge in [-0.25, -0.2) is 4.79 Å². The maximum atomic E-state index is 11.5. The molecular formula is C13H19NO3. The lowest BCUT2D eigenvalue weighted by Gasteiger charge is -2.16. The monoisotopic (exact) mass is 237 g/mol. The number of rotatable bonds is 6. The summed E-state index contributed by atoms with van der Waals surface area (Å²) in [6.07, 6.45) is -0.590. The van der Waals surface area contributed by atoms with E-state index in [1.807, 2.05) is 31.3 Å². The van der Waals surface area contributed by atoms with Crippen molar-refractivity contribution in [3.63, 3.8) is 0 Å². The molecule has 0 fully saturated rings. The van der Waals surface area contributed by atoms with E-state index < -0.39 is 6.10 Å². The molecule has 94 valence electrons. The van der Waals surface area contributed by atoms with Crippen LogP contribution in [0.4, 0.5) is 0 Å². The van der Waals surface area contributed by atoms with Gasteiger partial charge in [0.15, 0.2) is 6.10 Å². The van der Waals surface area contributed by atoms with Crippen LogP contribution in [0.25, 0.3) is 0 Å². The second-order valence-electron chi connectivity index (χ2n) is 3.65. The molecule has 0 amide bonds. The predicted molar refractivity (Wildman–Crippen MR) is 65.9 cm³/mol. The molecule has 0 heterocycles. The first-order valence-electron chi connectivity index (χ1n) is 5.74. The van der Waals surface area contributed by atoms with Crippen molar-refractivity contribution in [3.05, 3.63) is 29.8 Å². The van der Waals surface area contributed by atoms with Crippen molar-refractivity contribution in [3.8, 4) is 5.75 Å². The summed E-state index contributed by atoms with van der Waals surface area (Å²) in [5, 5.41) is 3.06. The molecule has 0 aliphatic rings. The van der Waals surface area contributed by atoms with E-state index in [4.69, 9.17) is 9.47 Å². The van der Waals surface area contributed by atoms with Crippen LogP contribution in [0.3, 0.4) is 0 Å². The molecule has 1 aromatic carbocycles. The van der Waals surface area contributed by atoms with Crippen LogP contribution in [0.2, 0.25) is 0 Å². The Morgan fingerprint density at radius 3 is 2.76 bits per heavy atom. The molecule has 0 saturated heterocycles. The van der Waals surface area contributed by atoms with Gasteiger partial charge in [0.1, 0.15) is 5.75 Å². The fourth-order valence-electron chi connectivity index (χ4n) is 1.45. The van der Waals surface area contributed by atoms with Crippen LogP contribution in [0.5, 0.6) is 5.75 Å². The normalized spacial score (nSPS) is 11.9. The molecule has 0 aromatic heterocycles. The van der Waals surface area contributed by atoms with Gasteiger partial charge < -0.3 is 14.8 Å². The number of hydrogen-bond acceptors (Lipinski definition) is 4. The Labute approximate surface area is 102 Å². The van der Waals surface area contributed by atoms with Crippen molar-refractivity contribution in [2.24, 2.45) is 0 Å². The highest BCUT2D eigenvalue weighted by molar-refractivity contribution is 5.74. The fourth-order valence-corrected chi connectivity index (χ4v) is 1.45.